The molecule has 4 heteroatoms. The fourth-order valence-corrected chi connectivity index (χ4v) is 1.56. The van der Waals surface area contributed by atoms with E-state index in [-0.39, 0.29) is 5.54 Å². The van der Waals surface area contributed by atoms with Gasteiger partial charge in [-0.15, -0.1) is 0 Å². The Morgan fingerprint density at radius 1 is 1.31 bits per heavy atom. The predicted octanol–water partition coefficient (Wildman–Crippen LogP) is 2.67. The highest BCUT2D eigenvalue weighted by Crippen LogP contribution is 2.25. The molecule has 13 heavy (non-hydrogen) atoms. The molecule has 1 aromatic rings. The lowest BCUT2D eigenvalue weighted by Crippen LogP contribution is -2.34. The topological polar surface area (TPSA) is 38.9 Å². The minimum Gasteiger partial charge on any atom is -0.325 e. The summed E-state index contributed by atoms with van der Waals surface area (Å²) in [4.78, 5) is 3.87. The average Bonchev–Trinajstić information content (AvgIpc) is 1.95. The number of hydrogen-bond acceptors (Lipinski definition) is 2. The van der Waals surface area contributed by atoms with Crippen LogP contribution in [0.25, 0.3) is 0 Å². The number of aromatic nitrogens is 1. The lowest BCUT2D eigenvalue weighted by Gasteiger charge is -2.19. The summed E-state index contributed by atoms with van der Waals surface area (Å²) >= 11 is 11.9. The summed E-state index contributed by atoms with van der Waals surface area (Å²) in [5.41, 5.74) is 6.42. The van der Waals surface area contributed by atoms with Gasteiger partial charge in [0.05, 0.1) is 10.0 Å². The van der Waals surface area contributed by atoms with Crippen molar-refractivity contribution in [2.24, 2.45) is 5.73 Å². The van der Waals surface area contributed by atoms with Crippen LogP contribution in [-0.2, 0) is 6.42 Å². The van der Waals surface area contributed by atoms with E-state index in [0.717, 1.165) is 5.56 Å². The third-order valence-corrected chi connectivity index (χ3v) is 2.24. The first kappa shape index (κ1) is 10.8. The Morgan fingerprint density at radius 3 is 2.15 bits per heavy atom. The van der Waals surface area contributed by atoms with Crippen LogP contribution in [0.2, 0.25) is 10.0 Å². The van der Waals surface area contributed by atoms with Crippen LogP contribution in [0.3, 0.4) is 0 Å². The van der Waals surface area contributed by atoms with Gasteiger partial charge in [-0.25, -0.2) is 0 Å². The molecule has 0 aromatic carbocycles. The number of hydrogen-bond donors (Lipinski definition) is 1. The molecular weight excluding hydrogens is 207 g/mol. The molecule has 0 aliphatic heterocycles. The van der Waals surface area contributed by atoms with Gasteiger partial charge in [0, 0.05) is 17.9 Å². The summed E-state index contributed by atoms with van der Waals surface area (Å²) in [6, 6.07) is 0. The van der Waals surface area contributed by atoms with E-state index < -0.39 is 0 Å². The Balaban J connectivity index is 3.00. The zero-order valence-electron chi connectivity index (χ0n) is 7.64. The summed E-state index contributed by atoms with van der Waals surface area (Å²) in [6.07, 6.45) is 3.80. The molecule has 0 amide bonds. The van der Waals surface area contributed by atoms with Gasteiger partial charge < -0.3 is 5.73 Å². The lowest BCUT2D eigenvalue weighted by atomic mass is 9.97. The average molecular weight is 219 g/mol. The first-order valence-corrected chi connectivity index (χ1v) is 4.72. The van der Waals surface area contributed by atoms with Gasteiger partial charge in [-0.3, -0.25) is 4.98 Å². The highest BCUT2D eigenvalue weighted by atomic mass is 35.5. The van der Waals surface area contributed by atoms with E-state index in [1.807, 2.05) is 13.8 Å². The van der Waals surface area contributed by atoms with Crippen molar-refractivity contribution in [3.05, 3.63) is 28.0 Å². The monoisotopic (exact) mass is 218 g/mol. The van der Waals surface area contributed by atoms with E-state index >= 15 is 0 Å². The van der Waals surface area contributed by atoms with Crippen molar-refractivity contribution < 1.29 is 0 Å². The SMILES string of the molecule is CC(C)(N)Cc1c(Cl)cncc1Cl. The van der Waals surface area contributed by atoms with Gasteiger partial charge in [0.25, 0.3) is 0 Å². The predicted molar refractivity (Wildman–Crippen MR) is 56.2 cm³/mol. The molecule has 0 atom stereocenters. The van der Waals surface area contributed by atoms with Gasteiger partial charge >= 0.3 is 0 Å². The van der Waals surface area contributed by atoms with E-state index in [9.17, 15) is 0 Å². The molecular formula is C9H12Cl2N2. The number of nitrogens with two attached hydrogens (primary N) is 1. The fourth-order valence-electron chi connectivity index (χ4n) is 1.06. The Kier molecular flexibility index (Phi) is 3.17. The van der Waals surface area contributed by atoms with Gasteiger partial charge in [-0.05, 0) is 25.8 Å². The van der Waals surface area contributed by atoms with Crippen LogP contribution in [0, 0.1) is 0 Å². The van der Waals surface area contributed by atoms with Crippen LogP contribution in [0.4, 0.5) is 0 Å². The summed E-state index contributed by atoms with van der Waals surface area (Å²) in [5.74, 6) is 0. The third-order valence-electron chi connectivity index (χ3n) is 1.58. The van der Waals surface area contributed by atoms with Crippen molar-refractivity contribution in [2.75, 3.05) is 0 Å². The quantitative estimate of drug-likeness (QED) is 0.830. The zero-order valence-corrected chi connectivity index (χ0v) is 9.15. The molecule has 0 saturated carbocycles. The van der Waals surface area contributed by atoms with Crippen molar-refractivity contribution in [3.8, 4) is 0 Å². The second kappa shape index (κ2) is 3.82. The Hall–Kier alpha value is -0.310. The molecule has 0 radical (unpaired) electrons. The maximum absolute atomic E-state index is 5.93. The minimum atomic E-state index is -0.311. The molecule has 0 aliphatic rings. The van der Waals surface area contributed by atoms with E-state index in [1.54, 1.807) is 12.4 Å². The number of halogens is 2. The van der Waals surface area contributed by atoms with Gasteiger partial charge in [0.1, 0.15) is 0 Å². The number of nitrogens with zero attached hydrogens (tertiary/aromatic N) is 1. The van der Waals surface area contributed by atoms with Crippen molar-refractivity contribution in [2.45, 2.75) is 25.8 Å². The smallest absolute Gasteiger partial charge is 0.0636 e. The normalized spacial score (nSPS) is 11.8. The zero-order chi connectivity index (χ0) is 10.1. The van der Waals surface area contributed by atoms with Crippen molar-refractivity contribution in [1.82, 2.24) is 4.98 Å². The van der Waals surface area contributed by atoms with Crippen molar-refractivity contribution in [1.29, 1.82) is 0 Å². The van der Waals surface area contributed by atoms with E-state index in [1.165, 1.54) is 0 Å². The van der Waals surface area contributed by atoms with E-state index in [4.69, 9.17) is 28.9 Å². The second-order valence-corrected chi connectivity index (χ2v) is 4.56. The van der Waals surface area contributed by atoms with Gasteiger partial charge in [-0.1, -0.05) is 23.2 Å². The maximum atomic E-state index is 5.93. The van der Waals surface area contributed by atoms with Crippen LogP contribution in [0.1, 0.15) is 19.4 Å². The highest BCUT2D eigenvalue weighted by Gasteiger charge is 2.16. The maximum Gasteiger partial charge on any atom is 0.0636 e. The van der Waals surface area contributed by atoms with Gasteiger partial charge in [0.2, 0.25) is 0 Å². The fraction of sp³-hybridized carbons (Fsp3) is 0.444. The second-order valence-electron chi connectivity index (χ2n) is 3.75. The summed E-state index contributed by atoms with van der Waals surface area (Å²) < 4.78 is 0. The molecule has 1 rings (SSSR count). The Morgan fingerprint density at radius 2 is 1.77 bits per heavy atom. The molecule has 0 aliphatic carbocycles. The molecule has 2 N–H and O–H groups in total. The standard InChI is InChI=1S/C9H12Cl2N2/c1-9(2,12)3-6-7(10)4-13-5-8(6)11/h4-5H,3,12H2,1-2H3. The first-order valence-electron chi connectivity index (χ1n) is 3.97. The molecule has 0 bridgehead atoms. The molecule has 72 valence electrons. The van der Waals surface area contributed by atoms with Crippen LogP contribution >= 0.6 is 23.2 Å². The van der Waals surface area contributed by atoms with Crippen LogP contribution in [-0.4, -0.2) is 10.5 Å². The Labute approximate surface area is 88.1 Å². The van der Waals surface area contributed by atoms with Gasteiger partial charge in [0.15, 0.2) is 0 Å². The largest absolute Gasteiger partial charge is 0.325 e. The van der Waals surface area contributed by atoms with Crippen molar-refractivity contribution >= 4 is 23.2 Å². The summed E-state index contributed by atoms with van der Waals surface area (Å²) in [6.45, 7) is 3.86. The van der Waals surface area contributed by atoms with Crippen molar-refractivity contribution in [3.63, 3.8) is 0 Å². The molecule has 0 saturated heterocycles. The molecule has 2 nitrogen and oxygen atoms in total. The van der Waals surface area contributed by atoms with Gasteiger partial charge in [-0.2, -0.15) is 0 Å². The molecule has 1 heterocycles. The highest BCUT2D eigenvalue weighted by molar-refractivity contribution is 6.35. The molecule has 0 fully saturated rings. The van der Waals surface area contributed by atoms with E-state index in [0.29, 0.717) is 16.5 Å². The molecule has 1 aromatic heterocycles. The van der Waals surface area contributed by atoms with Crippen LogP contribution in [0.5, 0.6) is 0 Å². The van der Waals surface area contributed by atoms with E-state index in [2.05, 4.69) is 4.98 Å². The number of rotatable bonds is 2. The molecule has 0 spiro atoms. The molecule has 0 unspecified atom stereocenters. The first-order chi connectivity index (χ1) is 5.90. The minimum absolute atomic E-state index is 0.311. The van der Waals surface area contributed by atoms with Crippen LogP contribution < -0.4 is 5.73 Å². The Bertz CT molecular complexity index is 285. The lowest BCUT2D eigenvalue weighted by molar-refractivity contribution is 0.516. The van der Waals surface area contributed by atoms with Crippen LogP contribution in [0.15, 0.2) is 12.4 Å². The number of pyridine rings is 1. The summed E-state index contributed by atoms with van der Waals surface area (Å²) in [7, 11) is 0. The third kappa shape index (κ3) is 3.14. The summed E-state index contributed by atoms with van der Waals surface area (Å²) in [5, 5.41) is 1.15.